The maximum Gasteiger partial charge on any atom is 0.481 e. The predicted octanol–water partition coefficient (Wildman–Crippen LogP) is 3.67. The summed E-state index contributed by atoms with van der Waals surface area (Å²) in [6.07, 6.45) is -8.15. The van der Waals surface area contributed by atoms with Crippen LogP contribution in [-0.4, -0.2) is 12.2 Å². The van der Waals surface area contributed by atoms with Crippen molar-refractivity contribution in [3.05, 3.63) is 29.1 Å². The van der Waals surface area contributed by atoms with Gasteiger partial charge in [-0.05, 0) is 0 Å². The van der Waals surface area contributed by atoms with Crippen LogP contribution in [-0.2, 0) is 9.94 Å². The summed E-state index contributed by atoms with van der Waals surface area (Å²) in [5, 5.41) is 9.37. The maximum atomic E-state index is 13.3. The van der Waals surface area contributed by atoms with Crippen LogP contribution in [0.2, 0.25) is 0 Å². The summed E-state index contributed by atoms with van der Waals surface area (Å²) >= 11 is 0. The Morgan fingerprint density at radius 2 is 1.38 bits per heavy atom. The van der Waals surface area contributed by atoms with Crippen LogP contribution in [0.4, 0.5) is 41.2 Å². The summed E-state index contributed by atoms with van der Waals surface area (Å²) in [4.78, 5) is 14.0. The van der Waals surface area contributed by atoms with Gasteiger partial charge in [0, 0.05) is 6.42 Å². The summed E-state index contributed by atoms with van der Waals surface area (Å²) < 4.78 is 91.1. The first-order valence-electron chi connectivity index (χ1n) is 5.13. The molecule has 0 fully saturated rings. The van der Waals surface area contributed by atoms with Crippen LogP contribution in [0.25, 0.3) is 0 Å². The standard InChI is InChI=1S/C10H5F7NO3/c1-2-10(16,17)21-18(9(19)20)8-6(14)4(12)3(11)5(13)7(8)15/h2H2,1H3. The number of amides is 1. The van der Waals surface area contributed by atoms with Crippen molar-refractivity contribution in [1.82, 2.24) is 0 Å². The highest BCUT2D eigenvalue weighted by molar-refractivity contribution is 5.83. The first-order chi connectivity index (χ1) is 9.53. The third-order valence-electron chi connectivity index (χ3n) is 2.19. The monoisotopic (exact) mass is 320 g/mol. The third-order valence-corrected chi connectivity index (χ3v) is 2.19. The fourth-order valence-corrected chi connectivity index (χ4v) is 1.14. The third kappa shape index (κ3) is 3.17. The van der Waals surface area contributed by atoms with E-state index in [9.17, 15) is 40.6 Å². The Kier molecular flexibility index (Phi) is 4.66. The van der Waals surface area contributed by atoms with E-state index in [1.54, 1.807) is 0 Å². The minimum Gasteiger partial charge on any atom is -0.217 e. The lowest BCUT2D eigenvalue weighted by molar-refractivity contribution is -0.243. The Balaban J connectivity index is 3.50. The molecule has 11 heteroatoms. The molecule has 0 aromatic heterocycles. The van der Waals surface area contributed by atoms with Crippen molar-refractivity contribution >= 4 is 11.8 Å². The summed E-state index contributed by atoms with van der Waals surface area (Å²) in [7, 11) is 0. The zero-order valence-electron chi connectivity index (χ0n) is 10.0. The van der Waals surface area contributed by atoms with Crippen molar-refractivity contribution < 1.29 is 45.5 Å². The molecule has 0 saturated heterocycles. The van der Waals surface area contributed by atoms with Crippen LogP contribution < -0.4 is 5.06 Å². The van der Waals surface area contributed by atoms with Gasteiger partial charge < -0.3 is 0 Å². The van der Waals surface area contributed by atoms with Crippen molar-refractivity contribution in [3.63, 3.8) is 0 Å². The zero-order chi connectivity index (χ0) is 16.5. The first kappa shape index (κ1) is 17.0. The van der Waals surface area contributed by atoms with E-state index >= 15 is 0 Å². The normalized spacial score (nSPS) is 11.6. The number of anilines is 1. The quantitative estimate of drug-likeness (QED) is 0.368. The number of benzene rings is 1. The average Bonchev–Trinajstić information content (AvgIpc) is 2.41. The molecule has 0 heterocycles. The Hall–Kier alpha value is -2.04. The van der Waals surface area contributed by atoms with Gasteiger partial charge in [-0.15, -0.1) is 5.06 Å². The van der Waals surface area contributed by atoms with Crippen LogP contribution >= 0.6 is 0 Å². The average molecular weight is 320 g/mol. The van der Waals surface area contributed by atoms with Crippen LogP contribution in [0.3, 0.4) is 0 Å². The van der Waals surface area contributed by atoms with Crippen LogP contribution in [0.1, 0.15) is 13.3 Å². The lowest BCUT2D eigenvalue weighted by atomic mass is 10.2. The van der Waals surface area contributed by atoms with Crippen LogP contribution in [0.5, 0.6) is 0 Å². The van der Waals surface area contributed by atoms with E-state index in [0.29, 0.717) is 0 Å². The number of hydrogen-bond donors (Lipinski definition) is 0. The number of nitrogens with zero attached hydrogens (tertiary/aromatic N) is 1. The molecule has 4 nitrogen and oxygen atoms in total. The molecule has 0 atom stereocenters. The first-order valence-corrected chi connectivity index (χ1v) is 5.13. The minimum absolute atomic E-state index is 0.812. The van der Waals surface area contributed by atoms with Gasteiger partial charge in [-0.25, -0.2) is 31.9 Å². The van der Waals surface area contributed by atoms with Crippen molar-refractivity contribution in [2.45, 2.75) is 19.5 Å². The minimum atomic E-state index is -4.25. The second-order valence-electron chi connectivity index (χ2n) is 3.56. The van der Waals surface area contributed by atoms with Gasteiger partial charge in [0.2, 0.25) is 5.82 Å². The van der Waals surface area contributed by atoms with Gasteiger partial charge in [-0.1, -0.05) is 6.92 Å². The molecule has 0 unspecified atom stereocenters. The van der Waals surface area contributed by atoms with Gasteiger partial charge in [0.15, 0.2) is 29.0 Å². The van der Waals surface area contributed by atoms with Crippen LogP contribution in [0, 0.1) is 29.1 Å². The Morgan fingerprint density at radius 3 is 1.71 bits per heavy atom. The highest BCUT2D eigenvalue weighted by Crippen LogP contribution is 2.33. The molecule has 0 bridgehead atoms. The summed E-state index contributed by atoms with van der Waals surface area (Å²) in [6.45, 7) is 0.812. The van der Waals surface area contributed by atoms with Crippen LogP contribution in [0.15, 0.2) is 0 Å². The molecule has 0 aliphatic carbocycles. The van der Waals surface area contributed by atoms with E-state index in [0.717, 1.165) is 6.92 Å². The van der Waals surface area contributed by atoms with E-state index in [4.69, 9.17) is 0 Å². The van der Waals surface area contributed by atoms with Crippen molar-refractivity contribution in [1.29, 1.82) is 0 Å². The summed E-state index contributed by atoms with van der Waals surface area (Å²) in [6, 6.07) is 0. The highest BCUT2D eigenvalue weighted by Gasteiger charge is 2.40. The van der Waals surface area contributed by atoms with Crippen molar-refractivity contribution in [3.8, 4) is 0 Å². The molecular formula is C10H5F7NO3. The van der Waals surface area contributed by atoms with Crippen molar-refractivity contribution in [2.75, 3.05) is 5.06 Å². The summed E-state index contributed by atoms with van der Waals surface area (Å²) in [5.41, 5.74) is -2.22. The maximum absolute atomic E-state index is 13.3. The van der Waals surface area contributed by atoms with Crippen molar-refractivity contribution in [2.24, 2.45) is 0 Å². The molecule has 1 amide bonds. The SMILES string of the molecule is CCC(F)(F)ON(C([O])=O)c1c(F)c(F)c(F)c(F)c1F. The predicted molar refractivity (Wildman–Crippen MR) is 51.1 cm³/mol. The number of alkyl halides is 2. The number of carbonyl (C=O) groups excluding carboxylic acids is 1. The smallest absolute Gasteiger partial charge is 0.217 e. The Labute approximate surface area is 112 Å². The van der Waals surface area contributed by atoms with E-state index in [1.807, 2.05) is 0 Å². The molecule has 0 aliphatic rings. The Bertz CT molecular complexity index is 549. The molecule has 1 aromatic carbocycles. The molecule has 0 N–H and O–H groups in total. The van der Waals surface area contributed by atoms with Gasteiger partial charge in [0.05, 0.1) is 0 Å². The molecule has 0 saturated carbocycles. The largest absolute Gasteiger partial charge is 0.481 e. The second-order valence-corrected chi connectivity index (χ2v) is 3.56. The summed E-state index contributed by atoms with van der Waals surface area (Å²) in [5.74, 6) is -13.0. The van der Waals surface area contributed by atoms with Gasteiger partial charge in [-0.2, -0.15) is 13.6 Å². The second kappa shape index (κ2) is 5.76. The van der Waals surface area contributed by atoms with Gasteiger partial charge >= 0.3 is 12.2 Å². The lowest BCUT2D eigenvalue weighted by Gasteiger charge is -2.23. The molecule has 1 aromatic rings. The number of hydroxylamine groups is 1. The van der Waals surface area contributed by atoms with Gasteiger partial charge in [0.25, 0.3) is 0 Å². The number of carbonyl (C=O) groups is 1. The molecule has 117 valence electrons. The molecule has 1 rings (SSSR count). The molecule has 0 aliphatic heterocycles. The van der Waals surface area contributed by atoms with Gasteiger partial charge in [0.1, 0.15) is 0 Å². The van der Waals surface area contributed by atoms with E-state index in [1.165, 1.54) is 0 Å². The highest BCUT2D eigenvalue weighted by atomic mass is 19.3. The lowest BCUT2D eigenvalue weighted by Crippen LogP contribution is -2.38. The van der Waals surface area contributed by atoms with E-state index in [-0.39, 0.29) is 0 Å². The molecule has 1 radical (unpaired) electrons. The number of hydrogen-bond acceptors (Lipinski definition) is 2. The van der Waals surface area contributed by atoms with Gasteiger partial charge in [-0.3, -0.25) is 0 Å². The molecule has 0 spiro atoms. The number of halogens is 7. The fraction of sp³-hybridized carbons (Fsp3) is 0.300. The Morgan fingerprint density at radius 1 is 1.00 bits per heavy atom. The fourth-order valence-electron chi connectivity index (χ4n) is 1.14. The van der Waals surface area contributed by atoms with E-state index in [2.05, 4.69) is 4.84 Å². The van der Waals surface area contributed by atoms with E-state index < -0.39 is 58.5 Å². The topological polar surface area (TPSA) is 49.4 Å². The molecule has 21 heavy (non-hydrogen) atoms. The zero-order valence-corrected chi connectivity index (χ0v) is 10.0. The molecular weight excluding hydrogens is 315 g/mol. The number of rotatable bonds is 4.